The van der Waals surface area contributed by atoms with Gasteiger partial charge in [0, 0.05) is 23.0 Å². The lowest BCUT2D eigenvalue weighted by molar-refractivity contribution is 0.0993. The predicted molar refractivity (Wildman–Crippen MR) is 103 cm³/mol. The molecule has 5 nitrogen and oxygen atoms in total. The highest BCUT2D eigenvalue weighted by atomic mass is 32.2. The Balaban J connectivity index is 2.00. The van der Waals surface area contributed by atoms with E-state index < -0.39 is 12.0 Å². The third kappa shape index (κ3) is 3.22. The Labute approximate surface area is 155 Å². The molecule has 4 N–H and O–H groups in total. The Morgan fingerprint density at radius 3 is 2.65 bits per heavy atom. The largest absolute Gasteiger partial charge is 0.484 e. The SMILES string of the molecule is CSc1ccc(OC(C)c2cc3c(F)cc(N)cc3n2C)c(C(N)=O)c1. The Morgan fingerprint density at radius 2 is 2.00 bits per heavy atom. The van der Waals surface area contributed by atoms with Gasteiger partial charge in [0.2, 0.25) is 0 Å². The summed E-state index contributed by atoms with van der Waals surface area (Å²) in [5.41, 5.74) is 13.3. The van der Waals surface area contributed by atoms with Gasteiger partial charge in [0.25, 0.3) is 5.91 Å². The summed E-state index contributed by atoms with van der Waals surface area (Å²) in [6, 6.07) is 10.0. The van der Waals surface area contributed by atoms with E-state index in [0.717, 1.165) is 10.6 Å². The number of ether oxygens (including phenoxy) is 1. The monoisotopic (exact) mass is 373 g/mol. The molecule has 0 aliphatic carbocycles. The number of hydrogen-bond donors (Lipinski definition) is 2. The second kappa shape index (κ2) is 6.92. The van der Waals surface area contributed by atoms with E-state index in [1.165, 1.54) is 17.8 Å². The van der Waals surface area contributed by atoms with Crippen LogP contribution in [0.25, 0.3) is 10.9 Å². The maximum Gasteiger partial charge on any atom is 0.252 e. The molecule has 0 aliphatic rings. The van der Waals surface area contributed by atoms with Gasteiger partial charge in [-0.25, -0.2) is 4.39 Å². The number of aromatic nitrogens is 1. The molecule has 1 heterocycles. The lowest BCUT2D eigenvalue weighted by Gasteiger charge is -2.18. The normalized spacial score (nSPS) is 12.3. The molecule has 0 bridgehead atoms. The van der Waals surface area contributed by atoms with Crippen molar-refractivity contribution in [1.82, 2.24) is 4.57 Å². The topological polar surface area (TPSA) is 83.3 Å². The smallest absolute Gasteiger partial charge is 0.252 e. The Bertz CT molecular complexity index is 1000. The first kappa shape index (κ1) is 18.1. The maximum atomic E-state index is 14.2. The number of carbonyl (C=O) groups excluding carboxylic acids is 1. The number of halogens is 1. The van der Waals surface area contributed by atoms with Crippen molar-refractivity contribution in [1.29, 1.82) is 0 Å². The molecule has 0 spiro atoms. The molecule has 1 amide bonds. The summed E-state index contributed by atoms with van der Waals surface area (Å²) < 4.78 is 22.0. The van der Waals surface area contributed by atoms with E-state index >= 15 is 0 Å². The van der Waals surface area contributed by atoms with Crippen LogP contribution in [0.15, 0.2) is 41.3 Å². The van der Waals surface area contributed by atoms with Gasteiger partial charge in [-0.2, -0.15) is 0 Å². The third-order valence-corrected chi connectivity index (χ3v) is 5.07. The Morgan fingerprint density at radius 1 is 1.27 bits per heavy atom. The van der Waals surface area contributed by atoms with Gasteiger partial charge in [0.1, 0.15) is 17.7 Å². The minimum Gasteiger partial charge on any atom is -0.484 e. The lowest BCUT2D eigenvalue weighted by atomic mass is 10.2. The van der Waals surface area contributed by atoms with Gasteiger partial charge in [0.05, 0.1) is 16.8 Å². The van der Waals surface area contributed by atoms with Crippen LogP contribution in [0.3, 0.4) is 0 Å². The highest BCUT2D eigenvalue weighted by Crippen LogP contribution is 2.32. The molecule has 0 radical (unpaired) electrons. The van der Waals surface area contributed by atoms with Crippen molar-refractivity contribution in [3.05, 3.63) is 53.5 Å². The number of thioether (sulfide) groups is 1. The zero-order valence-corrected chi connectivity index (χ0v) is 15.6. The Kier molecular flexibility index (Phi) is 4.82. The Hall–Kier alpha value is -2.67. The van der Waals surface area contributed by atoms with E-state index in [-0.39, 0.29) is 5.82 Å². The quantitative estimate of drug-likeness (QED) is 0.525. The molecule has 1 aromatic heterocycles. The van der Waals surface area contributed by atoms with Crippen LogP contribution in [-0.2, 0) is 7.05 Å². The van der Waals surface area contributed by atoms with Crippen LogP contribution in [0.5, 0.6) is 5.75 Å². The highest BCUT2D eigenvalue weighted by molar-refractivity contribution is 7.98. The van der Waals surface area contributed by atoms with Gasteiger partial charge in [-0.05, 0) is 49.6 Å². The van der Waals surface area contributed by atoms with Gasteiger partial charge in [-0.3, -0.25) is 4.79 Å². The molecule has 0 saturated heterocycles. The van der Waals surface area contributed by atoms with E-state index in [2.05, 4.69) is 0 Å². The van der Waals surface area contributed by atoms with E-state index in [1.54, 1.807) is 24.3 Å². The van der Waals surface area contributed by atoms with Crippen LogP contribution in [0.1, 0.15) is 29.1 Å². The van der Waals surface area contributed by atoms with Crippen molar-refractivity contribution in [2.45, 2.75) is 17.9 Å². The zero-order chi connectivity index (χ0) is 19.0. The molecular weight excluding hydrogens is 353 g/mol. The molecule has 3 aromatic rings. The molecule has 2 aromatic carbocycles. The number of primary amides is 1. The summed E-state index contributed by atoms with van der Waals surface area (Å²) in [5, 5.41) is 0.472. The first-order valence-electron chi connectivity index (χ1n) is 8.00. The van der Waals surface area contributed by atoms with Crippen LogP contribution in [0.4, 0.5) is 10.1 Å². The fraction of sp³-hybridized carbons (Fsp3) is 0.211. The third-order valence-electron chi connectivity index (χ3n) is 4.34. The van der Waals surface area contributed by atoms with Gasteiger partial charge >= 0.3 is 0 Å². The summed E-state index contributed by atoms with van der Waals surface area (Å²) in [6.07, 6.45) is 1.49. The summed E-state index contributed by atoms with van der Waals surface area (Å²) in [5.74, 6) is -0.539. The number of carbonyl (C=O) groups is 1. The number of nitrogens with zero attached hydrogens (tertiary/aromatic N) is 1. The maximum absolute atomic E-state index is 14.2. The summed E-state index contributed by atoms with van der Waals surface area (Å²) in [4.78, 5) is 12.7. The lowest BCUT2D eigenvalue weighted by Crippen LogP contribution is -2.15. The van der Waals surface area contributed by atoms with Crippen molar-refractivity contribution in [3.8, 4) is 5.75 Å². The molecular formula is C19H20FN3O2S. The minimum absolute atomic E-state index is 0.317. The molecule has 3 rings (SSSR count). The van der Waals surface area contributed by atoms with E-state index in [1.807, 2.05) is 30.9 Å². The average molecular weight is 373 g/mol. The van der Waals surface area contributed by atoms with Crippen molar-refractivity contribution < 1.29 is 13.9 Å². The number of fused-ring (bicyclic) bond motifs is 1. The van der Waals surface area contributed by atoms with Gasteiger partial charge in [0.15, 0.2) is 0 Å². The summed E-state index contributed by atoms with van der Waals surface area (Å²) >= 11 is 1.51. The van der Waals surface area contributed by atoms with E-state index in [0.29, 0.717) is 27.9 Å². The molecule has 0 saturated carbocycles. The van der Waals surface area contributed by atoms with Crippen molar-refractivity contribution >= 4 is 34.3 Å². The number of amides is 1. The van der Waals surface area contributed by atoms with Crippen molar-refractivity contribution in [2.75, 3.05) is 12.0 Å². The molecule has 136 valence electrons. The summed E-state index contributed by atoms with van der Waals surface area (Å²) in [7, 11) is 1.82. The fourth-order valence-corrected chi connectivity index (χ4v) is 3.44. The second-order valence-corrected chi connectivity index (χ2v) is 6.93. The molecule has 1 unspecified atom stereocenters. The minimum atomic E-state index is -0.557. The number of rotatable bonds is 5. The standard InChI is InChI=1S/C19H20FN3O2S/c1-10(25-18-5-4-12(26-3)8-14(18)19(22)24)16-9-13-15(20)6-11(21)7-17(13)23(16)2/h4-10H,21H2,1-3H3,(H2,22,24). The van der Waals surface area contributed by atoms with E-state index in [4.69, 9.17) is 16.2 Å². The highest BCUT2D eigenvalue weighted by Gasteiger charge is 2.19. The molecule has 1 atom stereocenters. The zero-order valence-electron chi connectivity index (χ0n) is 14.7. The van der Waals surface area contributed by atoms with Crippen LogP contribution in [-0.4, -0.2) is 16.7 Å². The van der Waals surface area contributed by atoms with Gasteiger partial charge in [-0.1, -0.05) is 0 Å². The fourth-order valence-electron chi connectivity index (χ4n) is 3.00. The first-order chi connectivity index (χ1) is 12.3. The number of anilines is 1. The van der Waals surface area contributed by atoms with Gasteiger partial charge in [-0.15, -0.1) is 11.8 Å². The molecule has 0 aliphatic heterocycles. The number of nitrogen functional groups attached to an aromatic ring is 1. The summed E-state index contributed by atoms with van der Waals surface area (Å²) in [6.45, 7) is 1.84. The van der Waals surface area contributed by atoms with Crippen LogP contribution < -0.4 is 16.2 Å². The first-order valence-corrected chi connectivity index (χ1v) is 9.23. The van der Waals surface area contributed by atoms with Crippen LogP contribution in [0.2, 0.25) is 0 Å². The van der Waals surface area contributed by atoms with Gasteiger partial charge < -0.3 is 20.8 Å². The molecule has 7 heteroatoms. The van der Waals surface area contributed by atoms with Crippen LogP contribution in [0, 0.1) is 5.82 Å². The second-order valence-electron chi connectivity index (χ2n) is 6.05. The van der Waals surface area contributed by atoms with E-state index in [9.17, 15) is 9.18 Å². The number of benzene rings is 2. The van der Waals surface area contributed by atoms with Crippen LogP contribution >= 0.6 is 11.8 Å². The number of nitrogens with two attached hydrogens (primary N) is 2. The number of hydrogen-bond acceptors (Lipinski definition) is 4. The molecule has 26 heavy (non-hydrogen) atoms. The molecule has 0 fully saturated rings. The van der Waals surface area contributed by atoms with Crippen molar-refractivity contribution in [2.24, 2.45) is 12.8 Å². The number of aryl methyl sites for hydroxylation is 1. The average Bonchev–Trinajstić information content (AvgIpc) is 2.92. The van der Waals surface area contributed by atoms with Crippen molar-refractivity contribution in [3.63, 3.8) is 0 Å². The predicted octanol–water partition coefficient (Wildman–Crippen LogP) is 3.86.